The van der Waals surface area contributed by atoms with Crippen LogP contribution in [-0.4, -0.2) is 62.1 Å². The molecule has 0 unspecified atom stereocenters. The summed E-state index contributed by atoms with van der Waals surface area (Å²) in [5.41, 5.74) is 1.82. The third-order valence-corrected chi connectivity index (χ3v) is 4.48. The van der Waals surface area contributed by atoms with Crippen molar-refractivity contribution < 1.29 is 9.53 Å². The first kappa shape index (κ1) is 18.2. The molecule has 1 aliphatic rings. The lowest BCUT2D eigenvalue weighted by atomic mass is 10.1. The lowest BCUT2D eigenvalue weighted by molar-refractivity contribution is -0.120. The summed E-state index contributed by atoms with van der Waals surface area (Å²) in [4.78, 5) is 16.5. The zero-order chi connectivity index (χ0) is 16.8. The number of ether oxygens (including phenoxy) is 1. The van der Waals surface area contributed by atoms with E-state index >= 15 is 0 Å². The van der Waals surface area contributed by atoms with Crippen LogP contribution in [0.1, 0.15) is 18.9 Å². The lowest BCUT2D eigenvalue weighted by Gasteiger charge is -2.27. The molecule has 5 nitrogen and oxygen atoms in total. The van der Waals surface area contributed by atoms with Crippen LogP contribution >= 0.6 is 11.6 Å². The maximum absolute atomic E-state index is 12.3. The summed E-state index contributed by atoms with van der Waals surface area (Å²) in [5.74, 6) is -0.00510. The highest BCUT2D eigenvalue weighted by molar-refractivity contribution is 6.31. The van der Waals surface area contributed by atoms with Gasteiger partial charge in [-0.2, -0.15) is 0 Å². The van der Waals surface area contributed by atoms with E-state index in [4.69, 9.17) is 16.3 Å². The summed E-state index contributed by atoms with van der Waals surface area (Å²) in [6.07, 6.45) is 0.766. The van der Waals surface area contributed by atoms with Crippen molar-refractivity contribution in [1.82, 2.24) is 9.80 Å². The van der Waals surface area contributed by atoms with Crippen molar-refractivity contribution in [1.29, 1.82) is 0 Å². The Morgan fingerprint density at radius 3 is 2.65 bits per heavy atom. The van der Waals surface area contributed by atoms with E-state index in [1.54, 1.807) is 0 Å². The monoisotopic (exact) mass is 339 g/mol. The van der Waals surface area contributed by atoms with Crippen LogP contribution in [0.4, 0.5) is 5.69 Å². The summed E-state index contributed by atoms with van der Waals surface area (Å²) in [6.45, 7) is 6.21. The van der Waals surface area contributed by atoms with E-state index < -0.39 is 0 Å². The van der Waals surface area contributed by atoms with E-state index in [2.05, 4.69) is 10.2 Å². The molecule has 6 heteroatoms. The molecule has 128 valence electrons. The highest BCUT2D eigenvalue weighted by Crippen LogP contribution is 2.23. The average molecular weight is 340 g/mol. The molecule has 1 atom stereocenters. The summed E-state index contributed by atoms with van der Waals surface area (Å²) in [7, 11) is 3.82. The van der Waals surface area contributed by atoms with Crippen LogP contribution in [-0.2, 0) is 16.1 Å². The number of carbonyl (C=O) groups is 1. The molecule has 1 aromatic rings. The van der Waals surface area contributed by atoms with Crippen molar-refractivity contribution in [3.05, 3.63) is 28.8 Å². The Morgan fingerprint density at radius 1 is 1.39 bits per heavy atom. The number of halogens is 1. The first-order valence-corrected chi connectivity index (χ1v) is 8.45. The second-order valence-electron chi connectivity index (χ2n) is 6.07. The fraction of sp³-hybridized carbons (Fsp3) is 0.588. The summed E-state index contributed by atoms with van der Waals surface area (Å²) in [5, 5.41) is 3.63. The number of likely N-dealkylation sites (N-methyl/N-ethyl adjacent to an activating group) is 1. The average Bonchev–Trinajstić information content (AvgIpc) is 2.51. The smallest absolute Gasteiger partial charge is 0.241 e. The number of anilines is 1. The summed E-state index contributed by atoms with van der Waals surface area (Å²) < 4.78 is 5.36. The number of hydrogen-bond donors (Lipinski definition) is 1. The maximum atomic E-state index is 12.3. The number of rotatable bonds is 6. The van der Waals surface area contributed by atoms with Crippen LogP contribution < -0.4 is 5.32 Å². The molecule has 2 rings (SSSR count). The first-order valence-electron chi connectivity index (χ1n) is 8.07. The SMILES string of the molecule is CC[C@@H](C(=O)Nc1ccc(CN2CCOCC2)c(Cl)c1)N(C)C. The predicted octanol–water partition coefficient (Wildman–Crippen LogP) is 2.45. The van der Waals surface area contributed by atoms with E-state index in [9.17, 15) is 4.79 Å². The van der Waals surface area contributed by atoms with Crippen LogP contribution in [0.25, 0.3) is 0 Å². The van der Waals surface area contributed by atoms with Gasteiger partial charge in [-0.15, -0.1) is 0 Å². The van der Waals surface area contributed by atoms with Crippen molar-refractivity contribution in [2.45, 2.75) is 25.9 Å². The van der Waals surface area contributed by atoms with Crippen molar-refractivity contribution in [3.8, 4) is 0 Å². The quantitative estimate of drug-likeness (QED) is 0.864. The Labute approximate surface area is 143 Å². The van der Waals surface area contributed by atoms with Gasteiger partial charge < -0.3 is 10.1 Å². The van der Waals surface area contributed by atoms with Gasteiger partial charge in [-0.05, 0) is 38.2 Å². The Kier molecular flexibility index (Phi) is 6.84. The second kappa shape index (κ2) is 8.64. The molecule has 0 aliphatic carbocycles. The number of morpholine rings is 1. The molecule has 1 heterocycles. The zero-order valence-corrected chi connectivity index (χ0v) is 14.9. The summed E-state index contributed by atoms with van der Waals surface area (Å²) >= 11 is 6.39. The van der Waals surface area contributed by atoms with Gasteiger partial charge >= 0.3 is 0 Å². The minimum atomic E-state index is -0.137. The normalized spacial score (nSPS) is 17.3. The molecular weight excluding hydrogens is 314 g/mol. The predicted molar refractivity (Wildman–Crippen MR) is 93.9 cm³/mol. The minimum absolute atomic E-state index is 0.00510. The Morgan fingerprint density at radius 2 is 2.09 bits per heavy atom. The molecule has 0 spiro atoms. The number of amides is 1. The van der Waals surface area contributed by atoms with E-state index in [-0.39, 0.29) is 11.9 Å². The number of nitrogens with one attached hydrogen (secondary N) is 1. The van der Waals surface area contributed by atoms with Gasteiger partial charge in [0, 0.05) is 30.3 Å². The molecule has 1 aromatic carbocycles. The second-order valence-corrected chi connectivity index (χ2v) is 6.48. The Hall–Kier alpha value is -1.14. The van der Waals surface area contributed by atoms with Crippen LogP contribution in [0.3, 0.4) is 0 Å². The maximum Gasteiger partial charge on any atom is 0.241 e. The van der Waals surface area contributed by atoms with Crippen LogP contribution in [0.15, 0.2) is 18.2 Å². The molecule has 0 aromatic heterocycles. The van der Waals surface area contributed by atoms with E-state index in [1.807, 2.05) is 44.1 Å². The van der Waals surface area contributed by atoms with Crippen LogP contribution in [0, 0.1) is 0 Å². The third kappa shape index (κ3) is 5.18. The van der Waals surface area contributed by atoms with Gasteiger partial charge in [0.15, 0.2) is 0 Å². The number of nitrogens with zero attached hydrogens (tertiary/aromatic N) is 2. The third-order valence-electron chi connectivity index (χ3n) is 4.13. The van der Waals surface area contributed by atoms with Crippen LogP contribution in [0.2, 0.25) is 5.02 Å². The fourth-order valence-corrected chi connectivity index (χ4v) is 3.00. The first-order chi connectivity index (χ1) is 11.0. The molecular formula is C17H26ClN3O2. The molecule has 1 saturated heterocycles. The van der Waals surface area contributed by atoms with E-state index in [1.165, 1.54) is 0 Å². The van der Waals surface area contributed by atoms with E-state index in [0.717, 1.165) is 50.5 Å². The van der Waals surface area contributed by atoms with Gasteiger partial charge in [0.25, 0.3) is 0 Å². The fourth-order valence-electron chi connectivity index (χ4n) is 2.76. The van der Waals surface area contributed by atoms with Gasteiger partial charge in [-0.25, -0.2) is 0 Å². The van der Waals surface area contributed by atoms with E-state index in [0.29, 0.717) is 5.02 Å². The molecule has 0 saturated carbocycles. The standard InChI is InChI=1S/C17H26ClN3O2/c1-4-16(20(2)3)17(22)19-14-6-5-13(15(18)11-14)12-21-7-9-23-10-8-21/h5-6,11,16H,4,7-10,12H2,1-3H3,(H,19,22)/t16-/m0/s1. The Bertz CT molecular complexity index is 531. The lowest BCUT2D eigenvalue weighted by Crippen LogP contribution is -2.39. The zero-order valence-electron chi connectivity index (χ0n) is 14.1. The molecule has 1 amide bonds. The van der Waals surface area contributed by atoms with Crippen molar-refractivity contribution in [2.75, 3.05) is 45.7 Å². The van der Waals surface area contributed by atoms with Crippen molar-refractivity contribution in [3.63, 3.8) is 0 Å². The largest absolute Gasteiger partial charge is 0.379 e. The molecule has 0 radical (unpaired) electrons. The van der Waals surface area contributed by atoms with Crippen molar-refractivity contribution >= 4 is 23.2 Å². The van der Waals surface area contributed by atoms with Gasteiger partial charge in [-0.3, -0.25) is 14.6 Å². The highest BCUT2D eigenvalue weighted by Gasteiger charge is 2.19. The molecule has 1 aliphatic heterocycles. The number of carbonyl (C=O) groups excluding carboxylic acids is 1. The summed E-state index contributed by atoms with van der Waals surface area (Å²) in [6, 6.07) is 5.60. The van der Waals surface area contributed by atoms with Gasteiger partial charge in [0.1, 0.15) is 0 Å². The topological polar surface area (TPSA) is 44.8 Å². The molecule has 0 bridgehead atoms. The van der Waals surface area contributed by atoms with Gasteiger partial charge in [0.05, 0.1) is 19.3 Å². The molecule has 23 heavy (non-hydrogen) atoms. The molecule has 1 fully saturated rings. The minimum Gasteiger partial charge on any atom is -0.379 e. The number of hydrogen-bond acceptors (Lipinski definition) is 4. The van der Waals surface area contributed by atoms with Gasteiger partial charge in [0.2, 0.25) is 5.91 Å². The van der Waals surface area contributed by atoms with Crippen molar-refractivity contribution in [2.24, 2.45) is 0 Å². The van der Waals surface area contributed by atoms with Gasteiger partial charge in [-0.1, -0.05) is 24.6 Å². The highest BCUT2D eigenvalue weighted by atomic mass is 35.5. The molecule has 1 N–H and O–H groups in total. The Balaban J connectivity index is 1.99. The van der Waals surface area contributed by atoms with Crippen LogP contribution in [0.5, 0.6) is 0 Å². The number of benzene rings is 1.